The normalized spacial score (nSPS) is 34.5. The Morgan fingerprint density at radius 2 is 1.85 bits per heavy atom. The molecule has 0 heterocycles. The lowest BCUT2D eigenvalue weighted by atomic mass is 9.80. The first-order valence-electron chi connectivity index (χ1n) is 5.22. The van der Waals surface area contributed by atoms with E-state index in [1.165, 1.54) is 19.3 Å². The van der Waals surface area contributed by atoms with E-state index in [9.17, 15) is 4.79 Å². The first-order chi connectivity index (χ1) is 6.11. The minimum absolute atomic E-state index is 0.130. The second-order valence-electron chi connectivity index (χ2n) is 4.36. The van der Waals surface area contributed by atoms with Gasteiger partial charge in [-0.15, -0.1) is 0 Å². The molecule has 1 saturated carbocycles. The standard InChI is InChI=1S/C11H20O2/c1-8-5-4-6-9(2)11(8)13-7-10(3)12/h8-9,11H,4-7H2,1-3H3. The van der Waals surface area contributed by atoms with Crippen LogP contribution < -0.4 is 0 Å². The first-order valence-corrected chi connectivity index (χ1v) is 5.22. The van der Waals surface area contributed by atoms with Crippen molar-refractivity contribution in [3.63, 3.8) is 0 Å². The summed E-state index contributed by atoms with van der Waals surface area (Å²) in [5, 5.41) is 0. The number of ketones is 1. The van der Waals surface area contributed by atoms with Gasteiger partial charge in [0.15, 0.2) is 5.78 Å². The average molecular weight is 184 g/mol. The van der Waals surface area contributed by atoms with Gasteiger partial charge < -0.3 is 4.74 Å². The molecule has 0 aromatic rings. The highest BCUT2D eigenvalue weighted by atomic mass is 16.5. The van der Waals surface area contributed by atoms with Crippen molar-refractivity contribution >= 4 is 5.78 Å². The minimum Gasteiger partial charge on any atom is -0.370 e. The molecule has 0 amide bonds. The summed E-state index contributed by atoms with van der Waals surface area (Å²) in [6.07, 6.45) is 4.10. The summed E-state index contributed by atoms with van der Waals surface area (Å²) in [4.78, 5) is 10.8. The van der Waals surface area contributed by atoms with E-state index in [1.54, 1.807) is 6.92 Å². The summed E-state index contributed by atoms with van der Waals surface area (Å²) < 4.78 is 5.62. The first kappa shape index (κ1) is 10.7. The lowest BCUT2D eigenvalue weighted by molar-refractivity contribution is -0.127. The van der Waals surface area contributed by atoms with Crippen molar-refractivity contribution in [2.45, 2.75) is 46.1 Å². The van der Waals surface area contributed by atoms with Gasteiger partial charge in [-0.2, -0.15) is 0 Å². The molecule has 2 nitrogen and oxygen atoms in total. The molecule has 0 aliphatic heterocycles. The second kappa shape index (κ2) is 4.75. The van der Waals surface area contributed by atoms with Crippen LogP contribution in [-0.2, 0) is 9.53 Å². The van der Waals surface area contributed by atoms with E-state index in [0.717, 1.165) is 0 Å². The van der Waals surface area contributed by atoms with Gasteiger partial charge in [0.05, 0.1) is 6.10 Å². The van der Waals surface area contributed by atoms with Crippen molar-refractivity contribution in [2.75, 3.05) is 6.61 Å². The van der Waals surface area contributed by atoms with Gasteiger partial charge >= 0.3 is 0 Å². The Hall–Kier alpha value is -0.370. The number of carbonyl (C=O) groups excluding carboxylic acids is 1. The van der Waals surface area contributed by atoms with Crippen molar-refractivity contribution in [1.29, 1.82) is 0 Å². The number of rotatable bonds is 3. The molecule has 0 spiro atoms. The van der Waals surface area contributed by atoms with Gasteiger partial charge in [-0.1, -0.05) is 20.3 Å². The molecule has 76 valence electrons. The van der Waals surface area contributed by atoms with Gasteiger partial charge in [0.1, 0.15) is 6.61 Å². The Morgan fingerprint density at radius 3 is 2.31 bits per heavy atom. The van der Waals surface area contributed by atoms with Crippen LogP contribution in [0.15, 0.2) is 0 Å². The maximum Gasteiger partial charge on any atom is 0.155 e. The lowest BCUT2D eigenvalue weighted by Crippen LogP contribution is -2.34. The van der Waals surface area contributed by atoms with Crippen molar-refractivity contribution < 1.29 is 9.53 Å². The molecule has 1 rings (SSSR count). The van der Waals surface area contributed by atoms with Gasteiger partial charge in [0, 0.05) is 0 Å². The summed E-state index contributed by atoms with van der Waals surface area (Å²) in [6.45, 7) is 6.32. The SMILES string of the molecule is CC(=O)COC1C(C)CCCC1C. The van der Waals surface area contributed by atoms with Gasteiger partial charge in [-0.3, -0.25) is 4.79 Å². The number of ether oxygens (including phenoxy) is 1. The quantitative estimate of drug-likeness (QED) is 0.673. The van der Waals surface area contributed by atoms with Gasteiger partial charge in [0.2, 0.25) is 0 Å². The zero-order chi connectivity index (χ0) is 9.84. The lowest BCUT2D eigenvalue weighted by Gasteiger charge is -2.34. The largest absolute Gasteiger partial charge is 0.370 e. The van der Waals surface area contributed by atoms with Crippen LogP contribution in [0.4, 0.5) is 0 Å². The van der Waals surface area contributed by atoms with Crippen LogP contribution in [0, 0.1) is 11.8 Å². The van der Waals surface area contributed by atoms with Crippen molar-refractivity contribution in [3.8, 4) is 0 Å². The Morgan fingerprint density at radius 1 is 1.31 bits per heavy atom. The van der Waals surface area contributed by atoms with Crippen LogP contribution in [0.5, 0.6) is 0 Å². The highest BCUT2D eigenvalue weighted by Gasteiger charge is 2.28. The zero-order valence-corrected chi connectivity index (χ0v) is 8.88. The summed E-state index contributed by atoms with van der Waals surface area (Å²) in [5.74, 6) is 1.36. The smallest absolute Gasteiger partial charge is 0.155 e. The molecule has 0 saturated heterocycles. The highest BCUT2D eigenvalue weighted by Crippen LogP contribution is 2.30. The fourth-order valence-corrected chi connectivity index (χ4v) is 2.19. The van der Waals surface area contributed by atoms with Crippen molar-refractivity contribution in [1.82, 2.24) is 0 Å². The molecule has 2 heteroatoms. The fourth-order valence-electron chi connectivity index (χ4n) is 2.19. The summed E-state index contributed by atoms with van der Waals surface area (Å²) in [5.41, 5.74) is 0. The minimum atomic E-state index is 0.130. The van der Waals surface area contributed by atoms with Gasteiger partial charge in [-0.25, -0.2) is 0 Å². The molecular formula is C11H20O2. The van der Waals surface area contributed by atoms with Crippen LogP contribution in [0.1, 0.15) is 40.0 Å². The molecule has 0 aromatic heterocycles. The predicted molar refractivity (Wildman–Crippen MR) is 52.6 cm³/mol. The van der Waals surface area contributed by atoms with E-state index in [1.807, 2.05) is 0 Å². The molecule has 1 fully saturated rings. The van der Waals surface area contributed by atoms with Crippen LogP contribution in [0.3, 0.4) is 0 Å². The summed E-state index contributed by atoms with van der Waals surface area (Å²) in [6, 6.07) is 0. The third kappa shape index (κ3) is 3.11. The van der Waals surface area contributed by atoms with Crippen LogP contribution >= 0.6 is 0 Å². The monoisotopic (exact) mass is 184 g/mol. The van der Waals surface area contributed by atoms with Crippen LogP contribution in [0.2, 0.25) is 0 Å². The Bertz CT molecular complexity index is 167. The predicted octanol–water partition coefficient (Wildman–Crippen LogP) is 2.42. The molecule has 0 bridgehead atoms. The molecule has 1 aliphatic carbocycles. The van der Waals surface area contributed by atoms with Crippen molar-refractivity contribution in [3.05, 3.63) is 0 Å². The molecular weight excluding hydrogens is 164 g/mol. The Balaban J connectivity index is 2.39. The van der Waals surface area contributed by atoms with E-state index in [-0.39, 0.29) is 5.78 Å². The number of hydrogen-bond acceptors (Lipinski definition) is 2. The fraction of sp³-hybridized carbons (Fsp3) is 0.909. The second-order valence-corrected chi connectivity index (χ2v) is 4.36. The molecule has 0 radical (unpaired) electrons. The van der Waals surface area contributed by atoms with E-state index in [0.29, 0.717) is 24.5 Å². The van der Waals surface area contributed by atoms with E-state index in [4.69, 9.17) is 4.74 Å². The van der Waals surface area contributed by atoms with E-state index < -0.39 is 0 Å². The Kier molecular flexibility index (Phi) is 3.91. The van der Waals surface area contributed by atoms with Gasteiger partial charge in [0.25, 0.3) is 0 Å². The van der Waals surface area contributed by atoms with Gasteiger partial charge in [-0.05, 0) is 31.6 Å². The number of carbonyl (C=O) groups is 1. The maximum absolute atomic E-state index is 10.8. The van der Waals surface area contributed by atoms with Crippen molar-refractivity contribution in [2.24, 2.45) is 11.8 Å². The Labute approximate surface area is 80.7 Å². The van der Waals surface area contributed by atoms with Crippen LogP contribution in [-0.4, -0.2) is 18.5 Å². The third-order valence-electron chi connectivity index (χ3n) is 2.92. The van der Waals surface area contributed by atoms with E-state index in [2.05, 4.69) is 13.8 Å². The molecule has 2 atom stereocenters. The molecule has 2 unspecified atom stereocenters. The van der Waals surface area contributed by atoms with E-state index >= 15 is 0 Å². The molecule has 13 heavy (non-hydrogen) atoms. The topological polar surface area (TPSA) is 26.3 Å². The molecule has 1 aliphatic rings. The average Bonchev–Trinajstić information content (AvgIpc) is 2.03. The maximum atomic E-state index is 10.8. The highest BCUT2D eigenvalue weighted by molar-refractivity contribution is 5.76. The third-order valence-corrected chi connectivity index (χ3v) is 2.92. The summed E-state index contributed by atoms with van der Waals surface area (Å²) in [7, 11) is 0. The summed E-state index contributed by atoms with van der Waals surface area (Å²) >= 11 is 0. The zero-order valence-electron chi connectivity index (χ0n) is 8.88. The number of hydrogen-bond donors (Lipinski definition) is 0. The molecule has 0 N–H and O–H groups in total. The molecule has 0 aromatic carbocycles. The number of Topliss-reactive ketones (excluding diaryl/α,β-unsaturated/α-hetero) is 1. The van der Waals surface area contributed by atoms with Crippen LogP contribution in [0.25, 0.3) is 0 Å².